The fraction of sp³-hybridized carbons (Fsp3) is 0.0909. The zero-order valence-electron chi connectivity index (χ0n) is 14.9. The summed E-state index contributed by atoms with van der Waals surface area (Å²) in [6, 6.07) is 19.2. The van der Waals surface area contributed by atoms with E-state index in [0.717, 1.165) is 16.3 Å². The number of rotatable bonds is 4. The molecule has 0 saturated heterocycles. The Hall–Kier alpha value is -3.60. The van der Waals surface area contributed by atoms with Gasteiger partial charge in [0.1, 0.15) is 11.5 Å². The van der Waals surface area contributed by atoms with Crippen LogP contribution in [0.3, 0.4) is 0 Å². The monoisotopic (exact) mass is 359 g/mol. The Morgan fingerprint density at radius 3 is 2.52 bits per heavy atom. The van der Waals surface area contributed by atoms with E-state index < -0.39 is 5.97 Å². The van der Waals surface area contributed by atoms with Crippen molar-refractivity contribution in [3.05, 3.63) is 77.5 Å². The molecule has 1 aliphatic rings. The highest BCUT2D eigenvalue weighted by atomic mass is 16.6. The first-order valence-corrected chi connectivity index (χ1v) is 8.42. The molecule has 5 heteroatoms. The molecule has 0 unspecified atom stereocenters. The maximum Gasteiger partial charge on any atom is 0.363 e. The first-order valence-electron chi connectivity index (χ1n) is 8.42. The van der Waals surface area contributed by atoms with Gasteiger partial charge in [-0.2, -0.15) is 0 Å². The van der Waals surface area contributed by atoms with Gasteiger partial charge in [0.15, 0.2) is 5.70 Å². The van der Waals surface area contributed by atoms with Crippen molar-refractivity contribution in [2.24, 2.45) is 4.99 Å². The molecule has 0 atom stereocenters. The van der Waals surface area contributed by atoms with Gasteiger partial charge in [0.25, 0.3) is 0 Å². The molecule has 0 aromatic heterocycles. The van der Waals surface area contributed by atoms with E-state index in [1.165, 1.54) is 0 Å². The van der Waals surface area contributed by atoms with Gasteiger partial charge in [-0.05, 0) is 41.1 Å². The van der Waals surface area contributed by atoms with E-state index in [9.17, 15) is 4.79 Å². The smallest absolute Gasteiger partial charge is 0.363 e. The van der Waals surface area contributed by atoms with Crippen molar-refractivity contribution < 1.29 is 19.0 Å². The summed E-state index contributed by atoms with van der Waals surface area (Å²) in [5.74, 6) is 1.06. The molecule has 1 aliphatic heterocycles. The lowest BCUT2D eigenvalue weighted by Gasteiger charge is -2.07. The molecule has 0 aliphatic carbocycles. The SMILES string of the molecule is COc1ccc(/C=C2\N=C(c3ccc4ccccc4c3)OC2=O)c(OC)c1. The Morgan fingerprint density at radius 1 is 0.926 bits per heavy atom. The van der Waals surface area contributed by atoms with Crippen LogP contribution in [-0.4, -0.2) is 26.1 Å². The van der Waals surface area contributed by atoms with Gasteiger partial charge in [0.05, 0.1) is 14.2 Å². The highest BCUT2D eigenvalue weighted by Gasteiger charge is 2.24. The Bertz CT molecular complexity index is 1100. The molecule has 134 valence electrons. The van der Waals surface area contributed by atoms with Gasteiger partial charge >= 0.3 is 5.97 Å². The second-order valence-corrected chi connectivity index (χ2v) is 6.01. The predicted molar refractivity (Wildman–Crippen MR) is 104 cm³/mol. The molecule has 0 radical (unpaired) electrons. The maximum absolute atomic E-state index is 12.3. The van der Waals surface area contributed by atoms with Crippen molar-refractivity contribution in [2.75, 3.05) is 14.2 Å². The summed E-state index contributed by atoms with van der Waals surface area (Å²) >= 11 is 0. The lowest BCUT2D eigenvalue weighted by molar-refractivity contribution is -0.129. The second-order valence-electron chi connectivity index (χ2n) is 6.01. The van der Waals surface area contributed by atoms with Crippen LogP contribution in [0.15, 0.2) is 71.4 Å². The number of carbonyl (C=O) groups is 1. The first-order chi connectivity index (χ1) is 13.2. The Morgan fingerprint density at radius 2 is 1.74 bits per heavy atom. The summed E-state index contributed by atoms with van der Waals surface area (Å²) in [5.41, 5.74) is 1.70. The molecule has 27 heavy (non-hydrogen) atoms. The van der Waals surface area contributed by atoms with Crippen molar-refractivity contribution in [1.82, 2.24) is 0 Å². The van der Waals surface area contributed by atoms with Crippen LogP contribution in [0, 0.1) is 0 Å². The van der Waals surface area contributed by atoms with Gasteiger partial charge in [-0.1, -0.05) is 30.3 Å². The second kappa shape index (κ2) is 6.96. The lowest BCUT2D eigenvalue weighted by Crippen LogP contribution is -2.05. The summed E-state index contributed by atoms with van der Waals surface area (Å²) in [4.78, 5) is 16.7. The van der Waals surface area contributed by atoms with E-state index in [0.29, 0.717) is 23.0 Å². The number of hydrogen-bond donors (Lipinski definition) is 0. The molecule has 3 aromatic rings. The minimum absolute atomic E-state index is 0.224. The van der Waals surface area contributed by atoms with Crippen molar-refractivity contribution in [3.63, 3.8) is 0 Å². The topological polar surface area (TPSA) is 57.1 Å². The van der Waals surface area contributed by atoms with Gasteiger partial charge in [-0.3, -0.25) is 0 Å². The summed E-state index contributed by atoms with van der Waals surface area (Å²) in [5, 5.41) is 2.17. The third-order valence-electron chi connectivity index (χ3n) is 4.35. The molecule has 5 nitrogen and oxygen atoms in total. The van der Waals surface area contributed by atoms with Crippen LogP contribution in [0.2, 0.25) is 0 Å². The zero-order valence-corrected chi connectivity index (χ0v) is 14.9. The predicted octanol–water partition coefficient (Wildman–Crippen LogP) is 4.20. The van der Waals surface area contributed by atoms with Crippen molar-refractivity contribution in [1.29, 1.82) is 0 Å². The van der Waals surface area contributed by atoms with Crippen LogP contribution in [0.4, 0.5) is 0 Å². The van der Waals surface area contributed by atoms with E-state index >= 15 is 0 Å². The molecule has 0 fully saturated rings. The maximum atomic E-state index is 12.3. The molecular formula is C22H17NO4. The standard InChI is InChI=1S/C22H17NO4/c1-25-18-10-9-16(20(13-18)26-2)12-19-22(24)27-21(23-19)17-8-7-14-5-3-4-6-15(14)11-17/h3-13H,1-2H3/b19-12-. The van der Waals surface area contributed by atoms with Crippen molar-refractivity contribution >= 4 is 28.7 Å². The molecule has 0 bridgehead atoms. The van der Waals surface area contributed by atoms with Gasteiger partial charge in [-0.15, -0.1) is 0 Å². The zero-order chi connectivity index (χ0) is 18.8. The Kier molecular flexibility index (Phi) is 4.34. The van der Waals surface area contributed by atoms with Crippen LogP contribution in [0.5, 0.6) is 11.5 Å². The third kappa shape index (κ3) is 3.27. The molecule has 0 amide bonds. The molecular weight excluding hydrogens is 342 g/mol. The van der Waals surface area contributed by atoms with E-state index in [1.807, 2.05) is 48.5 Å². The van der Waals surface area contributed by atoms with Gasteiger partial charge < -0.3 is 14.2 Å². The van der Waals surface area contributed by atoms with Crippen LogP contribution >= 0.6 is 0 Å². The number of aliphatic imine (C=N–C) groups is 1. The average Bonchev–Trinajstić information content (AvgIpc) is 3.08. The molecule has 4 rings (SSSR count). The molecule has 0 spiro atoms. The normalized spacial score (nSPS) is 15.0. The third-order valence-corrected chi connectivity index (χ3v) is 4.35. The van der Waals surface area contributed by atoms with Gasteiger partial charge in [0.2, 0.25) is 5.90 Å². The van der Waals surface area contributed by atoms with Crippen LogP contribution in [0.1, 0.15) is 11.1 Å². The summed E-state index contributed by atoms with van der Waals surface area (Å²) in [6.45, 7) is 0. The van der Waals surface area contributed by atoms with Crippen LogP contribution < -0.4 is 9.47 Å². The summed E-state index contributed by atoms with van der Waals surface area (Å²) in [7, 11) is 3.15. The van der Waals surface area contributed by atoms with E-state index in [-0.39, 0.29) is 5.70 Å². The van der Waals surface area contributed by atoms with Crippen molar-refractivity contribution in [3.8, 4) is 11.5 Å². The molecule has 0 saturated carbocycles. The quantitative estimate of drug-likeness (QED) is 0.517. The van der Waals surface area contributed by atoms with Gasteiger partial charge in [-0.25, -0.2) is 9.79 Å². The average molecular weight is 359 g/mol. The number of nitrogens with zero attached hydrogens (tertiary/aromatic N) is 1. The van der Waals surface area contributed by atoms with Crippen LogP contribution in [-0.2, 0) is 9.53 Å². The Labute approximate surface area is 156 Å². The van der Waals surface area contributed by atoms with E-state index in [1.54, 1.807) is 32.4 Å². The number of esters is 1. The van der Waals surface area contributed by atoms with Gasteiger partial charge in [0, 0.05) is 17.2 Å². The number of cyclic esters (lactones) is 1. The van der Waals surface area contributed by atoms with Crippen LogP contribution in [0.25, 0.3) is 16.8 Å². The number of benzene rings is 3. The number of fused-ring (bicyclic) bond motifs is 1. The molecule has 3 aromatic carbocycles. The number of methoxy groups -OCH3 is 2. The molecule has 1 heterocycles. The number of ether oxygens (including phenoxy) is 3. The lowest BCUT2D eigenvalue weighted by atomic mass is 10.1. The van der Waals surface area contributed by atoms with E-state index in [2.05, 4.69) is 4.99 Å². The fourth-order valence-electron chi connectivity index (χ4n) is 2.94. The Balaban J connectivity index is 1.71. The highest BCUT2D eigenvalue weighted by Crippen LogP contribution is 2.28. The molecule has 0 N–H and O–H groups in total. The number of hydrogen-bond acceptors (Lipinski definition) is 5. The largest absolute Gasteiger partial charge is 0.497 e. The highest BCUT2D eigenvalue weighted by molar-refractivity contribution is 6.13. The summed E-state index contributed by atoms with van der Waals surface area (Å²) in [6.07, 6.45) is 1.65. The summed E-state index contributed by atoms with van der Waals surface area (Å²) < 4.78 is 15.9. The fourth-order valence-corrected chi connectivity index (χ4v) is 2.94. The first kappa shape index (κ1) is 16.8. The van der Waals surface area contributed by atoms with E-state index in [4.69, 9.17) is 14.2 Å². The number of carbonyl (C=O) groups excluding carboxylic acids is 1. The minimum atomic E-state index is -0.490. The van der Waals surface area contributed by atoms with Crippen molar-refractivity contribution in [2.45, 2.75) is 0 Å². The minimum Gasteiger partial charge on any atom is -0.497 e.